The Bertz CT molecular complexity index is 1330. The number of benzene rings is 2. The molecular weight excluding hydrogens is 635 g/mol. The molecule has 9 heteroatoms. The molecule has 264 valence electrons. The van der Waals surface area contributed by atoms with E-state index in [1.54, 1.807) is 0 Å². The standard InChI is InChI=1S/C38H65NO5Si3/c1-36(2,3)45(10,11)41-27-32-34(44-47(14,15)38(7,8)9)33(43-46(12,13)37(4,5)6)31(42-32)25-29-23-19-20-24-30(29)35(40)39-26-28-21-17-16-18-22-28/h16-24,31-34H,25-27H2,1-15H3,(H,39,40)/t31-,32+,33-,34+/m0/s1. The van der Waals surface area contributed by atoms with Crippen molar-refractivity contribution in [3.63, 3.8) is 0 Å². The number of rotatable bonds is 12. The molecule has 1 N–H and O–H groups in total. The summed E-state index contributed by atoms with van der Waals surface area (Å²) >= 11 is 0. The van der Waals surface area contributed by atoms with Crippen LogP contribution in [0, 0.1) is 0 Å². The third-order valence-electron chi connectivity index (χ3n) is 11.3. The monoisotopic (exact) mass is 699 g/mol. The van der Waals surface area contributed by atoms with Crippen LogP contribution in [0.2, 0.25) is 54.4 Å². The van der Waals surface area contributed by atoms with E-state index in [-0.39, 0.29) is 45.4 Å². The van der Waals surface area contributed by atoms with Crippen LogP contribution in [0.3, 0.4) is 0 Å². The summed E-state index contributed by atoms with van der Waals surface area (Å²) in [5.41, 5.74) is 2.68. The van der Waals surface area contributed by atoms with E-state index in [1.165, 1.54) is 0 Å². The molecule has 0 spiro atoms. The highest BCUT2D eigenvalue weighted by Crippen LogP contribution is 2.45. The Balaban J connectivity index is 2.03. The van der Waals surface area contributed by atoms with Crippen LogP contribution < -0.4 is 5.32 Å². The van der Waals surface area contributed by atoms with Crippen molar-refractivity contribution in [3.8, 4) is 0 Å². The van der Waals surface area contributed by atoms with Gasteiger partial charge in [0.15, 0.2) is 25.0 Å². The van der Waals surface area contributed by atoms with Gasteiger partial charge in [0, 0.05) is 18.5 Å². The zero-order valence-electron chi connectivity index (χ0n) is 32.2. The summed E-state index contributed by atoms with van der Waals surface area (Å²) in [6.45, 7) is 35.2. The van der Waals surface area contributed by atoms with Crippen molar-refractivity contribution in [1.82, 2.24) is 5.32 Å². The lowest BCUT2D eigenvalue weighted by Crippen LogP contribution is -2.55. The molecule has 1 aliphatic heterocycles. The Morgan fingerprint density at radius 1 is 0.681 bits per heavy atom. The van der Waals surface area contributed by atoms with E-state index in [0.717, 1.165) is 11.1 Å². The summed E-state index contributed by atoms with van der Waals surface area (Å²) in [4.78, 5) is 13.6. The first-order chi connectivity index (χ1) is 21.4. The first-order valence-electron chi connectivity index (χ1n) is 17.4. The van der Waals surface area contributed by atoms with Crippen molar-refractivity contribution >= 4 is 30.9 Å². The largest absolute Gasteiger partial charge is 0.414 e. The van der Waals surface area contributed by atoms with E-state index in [1.807, 2.05) is 54.6 Å². The van der Waals surface area contributed by atoms with E-state index in [9.17, 15) is 4.79 Å². The lowest BCUT2D eigenvalue weighted by molar-refractivity contribution is -0.0160. The molecule has 1 aliphatic rings. The lowest BCUT2D eigenvalue weighted by Gasteiger charge is -2.44. The molecule has 6 nitrogen and oxygen atoms in total. The van der Waals surface area contributed by atoms with Gasteiger partial charge in [-0.15, -0.1) is 0 Å². The second kappa shape index (κ2) is 14.7. The molecule has 0 bridgehead atoms. The van der Waals surface area contributed by atoms with Crippen LogP contribution in [0.5, 0.6) is 0 Å². The molecule has 1 saturated heterocycles. The summed E-state index contributed by atoms with van der Waals surface area (Å²) in [6, 6.07) is 17.9. The summed E-state index contributed by atoms with van der Waals surface area (Å²) in [5, 5.41) is 3.22. The maximum Gasteiger partial charge on any atom is 0.251 e. The van der Waals surface area contributed by atoms with Crippen molar-refractivity contribution in [2.45, 2.75) is 154 Å². The fourth-order valence-corrected chi connectivity index (χ4v) is 8.59. The van der Waals surface area contributed by atoms with Gasteiger partial charge in [-0.3, -0.25) is 4.79 Å². The van der Waals surface area contributed by atoms with Gasteiger partial charge >= 0.3 is 0 Å². The SMILES string of the molecule is CC(C)(C)[Si](C)(C)OC[C@H]1O[C@@H](Cc2ccccc2C(=O)NCc2ccccc2)[C@H](O[Si](C)(C)C(C)(C)C)[C@@H]1O[Si](C)(C)C(C)(C)C. The molecular formula is C38H65NO5Si3. The van der Waals surface area contributed by atoms with E-state index >= 15 is 0 Å². The van der Waals surface area contributed by atoms with Crippen LogP contribution in [-0.2, 0) is 31.0 Å². The van der Waals surface area contributed by atoms with Gasteiger partial charge in [-0.2, -0.15) is 0 Å². The Morgan fingerprint density at radius 3 is 1.66 bits per heavy atom. The normalized spacial score (nSPS) is 21.6. The van der Waals surface area contributed by atoms with Crippen LogP contribution in [-0.4, -0.2) is 61.9 Å². The van der Waals surface area contributed by atoms with Crippen LogP contribution in [0.1, 0.15) is 83.8 Å². The predicted octanol–water partition coefficient (Wildman–Crippen LogP) is 9.73. The van der Waals surface area contributed by atoms with Crippen molar-refractivity contribution in [1.29, 1.82) is 0 Å². The zero-order chi connectivity index (χ0) is 35.6. The fraction of sp³-hybridized carbons (Fsp3) is 0.658. The maximum atomic E-state index is 13.6. The number of hydrogen-bond donors (Lipinski definition) is 1. The Morgan fingerprint density at radius 2 is 1.15 bits per heavy atom. The molecule has 3 rings (SSSR count). The minimum atomic E-state index is -2.25. The number of hydrogen-bond acceptors (Lipinski definition) is 5. The van der Waals surface area contributed by atoms with Crippen LogP contribution in [0.25, 0.3) is 0 Å². The third kappa shape index (κ3) is 9.99. The second-order valence-corrected chi connectivity index (χ2v) is 32.3. The average molecular weight is 700 g/mol. The zero-order valence-corrected chi connectivity index (χ0v) is 35.2. The fourth-order valence-electron chi connectivity index (χ4n) is 4.94. The van der Waals surface area contributed by atoms with E-state index in [0.29, 0.717) is 25.1 Å². The highest BCUT2D eigenvalue weighted by molar-refractivity contribution is 6.75. The molecule has 1 amide bonds. The van der Waals surface area contributed by atoms with Crippen LogP contribution >= 0.6 is 0 Å². The molecule has 47 heavy (non-hydrogen) atoms. The Kier molecular flexibility index (Phi) is 12.5. The first kappa shape index (κ1) is 39.8. The first-order valence-corrected chi connectivity index (χ1v) is 26.1. The molecule has 0 aliphatic carbocycles. The number of ether oxygens (including phenoxy) is 1. The van der Waals surface area contributed by atoms with Gasteiger partial charge in [0.05, 0.1) is 18.8 Å². The summed E-state index contributed by atoms with van der Waals surface area (Å²) < 4.78 is 28.5. The maximum absolute atomic E-state index is 13.6. The molecule has 0 saturated carbocycles. The molecule has 0 aromatic heterocycles. The van der Waals surface area contributed by atoms with E-state index < -0.39 is 25.0 Å². The third-order valence-corrected chi connectivity index (χ3v) is 24.7. The molecule has 2 aromatic rings. The van der Waals surface area contributed by atoms with Gasteiger partial charge < -0.3 is 23.3 Å². The summed E-state index contributed by atoms with van der Waals surface area (Å²) in [7, 11) is -6.55. The van der Waals surface area contributed by atoms with Gasteiger partial charge in [-0.05, 0) is 71.6 Å². The van der Waals surface area contributed by atoms with Crippen molar-refractivity contribution in [2.24, 2.45) is 0 Å². The number of amides is 1. The lowest BCUT2D eigenvalue weighted by atomic mass is 9.97. The van der Waals surface area contributed by atoms with E-state index in [2.05, 4.69) is 107 Å². The van der Waals surface area contributed by atoms with Gasteiger partial charge in [0.2, 0.25) is 0 Å². The highest BCUT2D eigenvalue weighted by atomic mass is 28.4. The average Bonchev–Trinajstić information content (AvgIpc) is 3.23. The Hall–Kier alpha value is -1.60. The molecule has 2 aromatic carbocycles. The van der Waals surface area contributed by atoms with Gasteiger partial charge in [-0.25, -0.2) is 0 Å². The smallest absolute Gasteiger partial charge is 0.251 e. The predicted molar refractivity (Wildman–Crippen MR) is 204 cm³/mol. The van der Waals surface area contributed by atoms with Gasteiger partial charge in [0.1, 0.15) is 12.2 Å². The molecule has 1 fully saturated rings. The highest BCUT2D eigenvalue weighted by Gasteiger charge is 2.54. The minimum absolute atomic E-state index is 0.00400. The second-order valence-electron chi connectivity index (χ2n) is 18.0. The number of carbonyl (C=O) groups excluding carboxylic acids is 1. The number of nitrogens with one attached hydrogen (secondary N) is 1. The van der Waals surface area contributed by atoms with Crippen molar-refractivity contribution < 1.29 is 22.8 Å². The topological polar surface area (TPSA) is 66.0 Å². The summed E-state index contributed by atoms with van der Waals surface area (Å²) in [5.74, 6) is -0.0869. The van der Waals surface area contributed by atoms with Crippen LogP contribution in [0.15, 0.2) is 54.6 Å². The van der Waals surface area contributed by atoms with Gasteiger partial charge in [0.25, 0.3) is 5.91 Å². The van der Waals surface area contributed by atoms with Crippen molar-refractivity contribution in [2.75, 3.05) is 6.61 Å². The molecule has 0 radical (unpaired) electrons. The minimum Gasteiger partial charge on any atom is -0.414 e. The molecule has 1 heterocycles. The number of carbonyl (C=O) groups is 1. The van der Waals surface area contributed by atoms with Crippen LogP contribution in [0.4, 0.5) is 0 Å². The molecule has 0 unspecified atom stereocenters. The van der Waals surface area contributed by atoms with E-state index in [4.69, 9.17) is 18.0 Å². The quantitative estimate of drug-likeness (QED) is 0.224. The van der Waals surface area contributed by atoms with Crippen molar-refractivity contribution in [3.05, 3.63) is 71.3 Å². The van der Waals surface area contributed by atoms with Gasteiger partial charge in [-0.1, -0.05) is 111 Å². The Labute approximate surface area is 290 Å². The summed E-state index contributed by atoms with van der Waals surface area (Å²) in [6.07, 6.45) is -0.605. The molecule has 4 atom stereocenters.